The van der Waals surface area contributed by atoms with Crippen LogP contribution in [0.2, 0.25) is 0 Å². The molecule has 1 amide bonds. The van der Waals surface area contributed by atoms with E-state index in [1.165, 1.54) is 0 Å². The van der Waals surface area contributed by atoms with Crippen molar-refractivity contribution in [2.45, 2.75) is 52.3 Å². The van der Waals surface area contributed by atoms with Gasteiger partial charge >= 0.3 is 6.09 Å². The highest BCUT2D eigenvalue weighted by Gasteiger charge is 2.24. The molecule has 0 saturated carbocycles. The van der Waals surface area contributed by atoms with Crippen molar-refractivity contribution >= 4 is 17.9 Å². The highest BCUT2D eigenvalue weighted by molar-refractivity contribution is 5.80. The fraction of sp³-hybridized carbons (Fsp3) is 0.682. The molecule has 9 heteroatoms. The average Bonchev–Trinajstić information content (AvgIpc) is 2.78. The zero-order chi connectivity index (χ0) is 22.1. The second-order valence-corrected chi connectivity index (χ2v) is 7.95. The third-order valence-electron chi connectivity index (χ3n) is 5.50. The maximum absolute atomic E-state index is 11.9. The number of pyridine rings is 1. The van der Waals surface area contributed by atoms with Crippen molar-refractivity contribution in [3.8, 4) is 0 Å². The van der Waals surface area contributed by atoms with Crippen LogP contribution in [0.5, 0.6) is 0 Å². The van der Waals surface area contributed by atoms with Gasteiger partial charge in [0, 0.05) is 45.0 Å². The van der Waals surface area contributed by atoms with Gasteiger partial charge in [-0.05, 0) is 45.2 Å². The molecular formula is C22H36N6O3. The molecule has 2 saturated heterocycles. The van der Waals surface area contributed by atoms with Crippen LogP contribution in [0.15, 0.2) is 23.3 Å². The Balaban J connectivity index is 1.51. The molecule has 2 aliphatic rings. The van der Waals surface area contributed by atoms with E-state index in [2.05, 4.69) is 46.5 Å². The summed E-state index contributed by atoms with van der Waals surface area (Å²) in [5, 5.41) is 6.82. The molecule has 9 nitrogen and oxygen atoms in total. The molecule has 0 bridgehead atoms. The van der Waals surface area contributed by atoms with Crippen LogP contribution in [0.25, 0.3) is 0 Å². The normalized spacial score (nSPS) is 20.5. The maximum Gasteiger partial charge on any atom is 0.409 e. The molecule has 0 radical (unpaired) electrons. The zero-order valence-corrected chi connectivity index (χ0v) is 19.0. The number of guanidine groups is 1. The molecule has 0 aliphatic carbocycles. The van der Waals surface area contributed by atoms with E-state index in [1.54, 1.807) is 4.90 Å². The molecule has 2 aliphatic heterocycles. The number of nitrogens with one attached hydrogen (secondary N) is 2. The van der Waals surface area contributed by atoms with Gasteiger partial charge in [-0.2, -0.15) is 0 Å². The van der Waals surface area contributed by atoms with Crippen LogP contribution >= 0.6 is 0 Å². The largest absolute Gasteiger partial charge is 0.450 e. The minimum absolute atomic E-state index is 0.219. The summed E-state index contributed by atoms with van der Waals surface area (Å²) in [4.78, 5) is 25.3. The first-order chi connectivity index (χ1) is 15.1. The van der Waals surface area contributed by atoms with Crippen LogP contribution in [0.1, 0.15) is 39.2 Å². The quantitative estimate of drug-likeness (QED) is 0.525. The Bertz CT molecular complexity index is 718. The van der Waals surface area contributed by atoms with Crippen molar-refractivity contribution in [3.63, 3.8) is 0 Å². The SMILES string of the molecule is CCNC(=NCc1ccc(N2CCOC(C)C2)nc1)NC1CCN(C(=O)OCC)CC1. The number of hydrogen-bond acceptors (Lipinski definition) is 6. The minimum Gasteiger partial charge on any atom is -0.450 e. The summed E-state index contributed by atoms with van der Waals surface area (Å²) >= 11 is 0. The van der Waals surface area contributed by atoms with Gasteiger partial charge in [0.15, 0.2) is 5.96 Å². The molecular weight excluding hydrogens is 396 g/mol. The third kappa shape index (κ3) is 6.99. The topological polar surface area (TPSA) is 91.3 Å². The molecule has 1 unspecified atom stereocenters. The first kappa shape index (κ1) is 23.1. The molecule has 2 N–H and O–H groups in total. The van der Waals surface area contributed by atoms with E-state index in [0.717, 1.165) is 56.4 Å². The van der Waals surface area contributed by atoms with Crippen LogP contribution in [-0.2, 0) is 16.0 Å². The van der Waals surface area contributed by atoms with Crippen molar-refractivity contribution in [1.82, 2.24) is 20.5 Å². The van der Waals surface area contributed by atoms with Crippen LogP contribution < -0.4 is 15.5 Å². The second-order valence-electron chi connectivity index (χ2n) is 7.95. The van der Waals surface area contributed by atoms with E-state index >= 15 is 0 Å². The van der Waals surface area contributed by atoms with E-state index in [4.69, 9.17) is 14.5 Å². The monoisotopic (exact) mass is 432 g/mol. The molecule has 3 rings (SSSR count). The molecule has 2 fully saturated rings. The number of hydrogen-bond donors (Lipinski definition) is 2. The molecule has 0 aromatic carbocycles. The van der Waals surface area contributed by atoms with Crippen LogP contribution in [0.4, 0.5) is 10.6 Å². The lowest BCUT2D eigenvalue weighted by atomic mass is 10.1. The minimum atomic E-state index is -0.219. The summed E-state index contributed by atoms with van der Waals surface area (Å²) in [5.41, 5.74) is 1.07. The van der Waals surface area contributed by atoms with Crippen molar-refractivity contribution in [2.75, 3.05) is 50.8 Å². The number of carbonyl (C=O) groups excluding carboxylic acids is 1. The number of piperidine rings is 1. The van der Waals surface area contributed by atoms with E-state index in [0.29, 0.717) is 26.2 Å². The van der Waals surface area contributed by atoms with Gasteiger partial charge in [-0.15, -0.1) is 0 Å². The predicted molar refractivity (Wildman–Crippen MR) is 121 cm³/mol. The number of amides is 1. The number of likely N-dealkylation sites (tertiary alicyclic amines) is 1. The first-order valence-corrected chi connectivity index (χ1v) is 11.4. The summed E-state index contributed by atoms with van der Waals surface area (Å²) in [6.07, 6.45) is 3.66. The van der Waals surface area contributed by atoms with Crippen LogP contribution in [-0.4, -0.2) is 80.0 Å². The Morgan fingerprint density at radius 3 is 2.74 bits per heavy atom. The Kier molecular flexibility index (Phi) is 8.75. The van der Waals surface area contributed by atoms with Crippen LogP contribution in [0.3, 0.4) is 0 Å². The lowest BCUT2D eigenvalue weighted by Gasteiger charge is -2.32. The number of ether oxygens (including phenoxy) is 2. The molecule has 172 valence electrons. The first-order valence-electron chi connectivity index (χ1n) is 11.4. The van der Waals surface area contributed by atoms with Gasteiger partial charge in [-0.25, -0.2) is 14.8 Å². The van der Waals surface area contributed by atoms with Crippen molar-refractivity contribution in [3.05, 3.63) is 23.9 Å². The highest BCUT2D eigenvalue weighted by atomic mass is 16.6. The Morgan fingerprint density at radius 1 is 1.29 bits per heavy atom. The summed E-state index contributed by atoms with van der Waals surface area (Å²) in [6, 6.07) is 4.44. The number of rotatable bonds is 6. The van der Waals surface area contributed by atoms with Crippen molar-refractivity contribution in [2.24, 2.45) is 4.99 Å². The molecule has 1 aromatic heterocycles. The second kappa shape index (κ2) is 11.7. The smallest absolute Gasteiger partial charge is 0.409 e. The van der Waals surface area contributed by atoms with Crippen molar-refractivity contribution in [1.29, 1.82) is 0 Å². The molecule has 0 spiro atoms. The van der Waals surface area contributed by atoms with E-state index < -0.39 is 0 Å². The Morgan fingerprint density at radius 2 is 2.10 bits per heavy atom. The summed E-state index contributed by atoms with van der Waals surface area (Å²) in [7, 11) is 0. The number of carbonyl (C=O) groups is 1. The molecule has 3 heterocycles. The van der Waals surface area contributed by atoms with Gasteiger partial charge in [-0.1, -0.05) is 6.07 Å². The standard InChI is InChI=1S/C22H36N6O3/c1-4-23-21(26-19-8-10-27(11-9-19)22(29)30-5-2)25-15-18-6-7-20(24-14-18)28-12-13-31-17(3)16-28/h6-7,14,17,19H,4-5,8-13,15-16H2,1-3H3,(H2,23,25,26). The van der Waals surface area contributed by atoms with Crippen molar-refractivity contribution < 1.29 is 14.3 Å². The number of nitrogens with zero attached hydrogens (tertiary/aromatic N) is 4. The van der Waals surface area contributed by atoms with Gasteiger partial charge in [0.25, 0.3) is 0 Å². The highest BCUT2D eigenvalue weighted by Crippen LogP contribution is 2.16. The molecule has 1 atom stereocenters. The third-order valence-corrected chi connectivity index (χ3v) is 5.50. The number of aliphatic imine (C=N–C) groups is 1. The van der Waals surface area contributed by atoms with Gasteiger partial charge < -0.3 is 29.9 Å². The molecule has 1 aromatic rings. The van der Waals surface area contributed by atoms with Gasteiger partial charge in [-0.3, -0.25) is 0 Å². The Labute approximate surface area is 185 Å². The van der Waals surface area contributed by atoms with E-state index in [-0.39, 0.29) is 18.2 Å². The summed E-state index contributed by atoms with van der Waals surface area (Å²) < 4.78 is 10.7. The van der Waals surface area contributed by atoms with Crippen LogP contribution in [0, 0.1) is 0 Å². The predicted octanol–water partition coefficient (Wildman–Crippen LogP) is 1.98. The van der Waals surface area contributed by atoms with E-state index in [1.807, 2.05) is 13.1 Å². The summed E-state index contributed by atoms with van der Waals surface area (Å²) in [5.74, 6) is 1.78. The lowest BCUT2D eigenvalue weighted by Crippen LogP contribution is -2.49. The van der Waals surface area contributed by atoms with E-state index in [9.17, 15) is 4.79 Å². The maximum atomic E-state index is 11.9. The number of aromatic nitrogens is 1. The number of anilines is 1. The van der Waals surface area contributed by atoms with Gasteiger partial charge in [0.05, 0.1) is 25.9 Å². The average molecular weight is 433 g/mol. The summed E-state index contributed by atoms with van der Waals surface area (Å²) in [6.45, 7) is 11.6. The molecule has 31 heavy (non-hydrogen) atoms. The zero-order valence-electron chi connectivity index (χ0n) is 19.0. The number of morpholine rings is 1. The van der Waals surface area contributed by atoms with Gasteiger partial charge in [0.1, 0.15) is 5.82 Å². The lowest BCUT2D eigenvalue weighted by molar-refractivity contribution is 0.0529. The Hall–Kier alpha value is -2.55. The fourth-order valence-electron chi connectivity index (χ4n) is 3.83. The van der Waals surface area contributed by atoms with Gasteiger partial charge in [0.2, 0.25) is 0 Å². The fourth-order valence-corrected chi connectivity index (χ4v) is 3.83.